The second-order valence-electron chi connectivity index (χ2n) is 2.34. The number of nitrogens with two attached hydrogens (primary N) is 3. The van der Waals surface area contributed by atoms with Crippen molar-refractivity contribution in [3.05, 3.63) is 18.2 Å². The molecule has 6 N–H and O–H groups in total. The summed E-state index contributed by atoms with van der Waals surface area (Å²) in [6, 6.07) is 3.93. The lowest BCUT2D eigenvalue weighted by Gasteiger charge is -2.01. The van der Waals surface area contributed by atoms with Crippen LogP contribution in [0.2, 0.25) is 0 Å². The quantitative estimate of drug-likeness (QED) is 0.632. The van der Waals surface area contributed by atoms with E-state index in [1.54, 1.807) is 0 Å². The number of rotatable bonds is 1. The Labute approximate surface area is 94.5 Å². The van der Waals surface area contributed by atoms with Crippen molar-refractivity contribution in [2.45, 2.75) is 4.90 Å². The monoisotopic (exact) mass is 259 g/mol. The molecule has 0 spiro atoms. The molecule has 1 aromatic rings. The molecule has 0 saturated heterocycles. The lowest BCUT2D eigenvalue weighted by molar-refractivity contribution is 0.598. The summed E-state index contributed by atoms with van der Waals surface area (Å²) in [5.74, 6) is 0. The van der Waals surface area contributed by atoms with Crippen LogP contribution in [0.15, 0.2) is 23.1 Å². The average Bonchev–Trinajstić information content (AvgIpc) is 1.92. The highest BCUT2D eigenvalue weighted by atomic mass is 35.5. The van der Waals surface area contributed by atoms with E-state index in [0.29, 0.717) is 5.69 Å². The fourth-order valence-corrected chi connectivity index (χ4v) is 1.28. The highest BCUT2D eigenvalue weighted by Crippen LogP contribution is 2.18. The van der Waals surface area contributed by atoms with Crippen LogP contribution in [-0.2, 0) is 10.0 Å². The topological polar surface area (TPSA) is 112 Å². The fraction of sp³-hybridized carbons (Fsp3) is 0. The van der Waals surface area contributed by atoms with Gasteiger partial charge in [-0.05, 0) is 18.2 Å². The molecule has 5 nitrogen and oxygen atoms in total. The first-order chi connectivity index (χ1) is 5.41. The second-order valence-corrected chi connectivity index (χ2v) is 3.90. The number of anilines is 2. The van der Waals surface area contributed by atoms with E-state index in [2.05, 4.69) is 0 Å². The summed E-state index contributed by atoms with van der Waals surface area (Å²) in [5, 5.41) is 4.85. The highest BCUT2D eigenvalue weighted by Gasteiger charge is 2.08. The van der Waals surface area contributed by atoms with E-state index in [0.717, 1.165) is 0 Å². The molecule has 0 aliphatic carbocycles. The Bertz CT molecular complexity index is 408. The van der Waals surface area contributed by atoms with Gasteiger partial charge < -0.3 is 11.5 Å². The minimum absolute atomic E-state index is 0. The van der Waals surface area contributed by atoms with Gasteiger partial charge in [0, 0.05) is 0 Å². The Morgan fingerprint density at radius 3 is 1.86 bits per heavy atom. The van der Waals surface area contributed by atoms with Crippen molar-refractivity contribution in [1.82, 2.24) is 0 Å². The maximum absolute atomic E-state index is 10.8. The molecule has 0 unspecified atom stereocenters. The highest BCUT2D eigenvalue weighted by molar-refractivity contribution is 7.89. The van der Waals surface area contributed by atoms with E-state index in [9.17, 15) is 8.42 Å². The zero-order chi connectivity index (χ0) is 9.35. The zero-order valence-electron chi connectivity index (χ0n) is 7.01. The Morgan fingerprint density at radius 2 is 1.50 bits per heavy atom. The van der Waals surface area contributed by atoms with Crippen LogP contribution < -0.4 is 16.6 Å². The predicted molar refractivity (Wildman–Crippen MR) is 61.1 cm³/mol. The molecular formula is C6H11Cl2N3O2S. The van der Waals surface area contributed by atoms with Crippen LogP contribution in [0.1, 0.15) is 0 Å². The van der Waals surface area contributed by atoms with Gasteiger partial charge in [0.1, 0.15) is 0 Å². The first kappa shape index (κ1) is 15.8. The summed E-state index contributed by atoms with van der Waals surface area (Å²) < 4.78 is 21.6. The third kappa shape index (κ3) is 3.59. The first-order valence-corrected chi connectivity index (χ1v) is 4.63. The fourth-order valence-electron chi connectivity index (χ4n) is 0.730. The van der Waals surface area contributed by atoms with Gasteiger partial charge in [-0.15, -0.1) is 24.8 Å². The summed E-state index contributed by atoms with van der Waals surface area (Å²) >= 11 is 0. The van der Waals surface area contributed by atoms with Crippen LogP contribution in [0.3, 0.4) is 0 Å². The Hall–Kier alpha value is -0.690. The average molecular weight is 260 g/mol. The van der Waals surface area contributed by atoms with Gasteiger partial charge >= 0.3 is 0 Å². The van der Waals surface area contributed by atoms with E-state index in [-0.39, 0.29) is 35.4 Å². The van der Waals surface area contributed by atoms with Crippen molar-refractivity contribution >= 4 is 46.2 Å². The van der Waals surface area contributed by atoms with Crippen LogP contribution in [0.4, 0.5) is 11.4 Å². The minimum atomic E-state index is -3.68. The van der Waals surface area contributed by atoms with Gasteiger partial charge in [-0.1, -0.05) is 0 Å². The second kappa shape index (κ2) is 5.26. The maximum Gasteiger partial charge on any atom is 0.238 e. The van der Waals surface area contributed by atoms with Gasteiger partial charge in [-0.3, -0.25) is 0 Å². The number of sulfonamides is 1. The van der Waals surface area contributed by atoms with Crippen molar-refractivity contribution in [3.8, 4) is 0 Å². The van der Waals surface area contributed by atoms with Gasteiger partial charge in [0.25, 0.3) is 0 Å². The normalized spacial score (nSPS) is 9.79. The summed E-state index contributed by atoms with van der Waals surface area (Å²) in [4.78, 5) is -0.0331. The van der Waals surface area contributed by atoms with Gasteiger partial charge in [0.05, 0.1) is 16.3 Å². The molecule has 0 radical (unpaired) electrons. The van der Waals surface area contributed by atoms with Crippen LogP contribution in [-0.4, -0.2) is 8.42 Å². The lowest BCUT2D eigenvalue weighted by Crippen LogP contribution is -2.12. The number of hydrogen-bond acceptors (Lipinski definition) is 4. The molecule has 0 aliphatic heterocycles. The molecule has 82 valence electrons. The summed E-state index contributed by atoms with van der Waals surface area (Å²) in [6.07, 6.45) is 0. The molecule has 0 atom stereocenters. The van der Waals surface area contributed by atoms with Gasteiger partial charge in [-0.25, -0.2) is 13.6 Å². The molecule has 0 bridgehead atoms. The summed E-state index contributed by atoms with van der Waals surface area (Å²) in [5.41, 5.74) is 11.3. The van der Waals surface area contributed by atoms with Gasteiger partial charge in [0.2, 0.25) is 10.0 Å². The first-order valence-electron chi connectivity index (χ1n) is 3.09. The molecule has 1 rings (SSSR count). The molecule has 1 aromatic carbocycles. The Kier molecular flexibility index (Phi) is 5.92. The Balaban J connectivity index is 0. The molecule has 0 aliphatic rings. The summed E-state index contributed by atoms with van der Waals surface area (Å²) in [7, 11) is -3.68. The van der Waals surface area contributed by atoms with E-state index in [1.807, 2.05) is 0 Å². The van der Waals surface area contributed by atoms with Crippen LogP contribution in [0.5, 0.6) is 0 Å². The largest absolute Gasteiger partial charge is 0.397 e. The van der Waals surface area contributed by atoms with Gasteiger partial charge in [0.15, 0.2) is 0 Å². The summed E-state index contributed by atoms with van der Waals surface area (Å²) in [6.45, 7) is 0. The minimum Gasteiger partial charge on any atom is -0.397 e. The molecule has 0 heterocycles. The standard InChI is InChI=1S/C6H9N3O2S.2ClH/c7-5-2-1-4(3-6(5)8)12(9,10)11;;/h1-3H,7-8H2,(H2,9,10,11);2*1H. The SMILES string of the molecule is Cl.Cl.Nc1ccc(S(N)(=O)=O)cc1N. The molecular weight excluding hydrogens is 249 g/mol. The van der Waals surface area contributed by atoms with Crippen LogP contribution in [0.25, 0.3) is 0 Å². The van der Waals surface area contributed by atoms with Gasteiger partial charge in [-0.2, -0.15) is 0 Å². The number of primary sulfonamides is 1. The molecule has 0 aromatic heterocycles. The van der Waals surface area contributed by atoms with Crippen LogP contribution in [0, 0.1) is 0 Å². The van der Waals surface area contributed by atoms with E-state index >= 15 is 0 Å². The molecule has 0 amide bonds. The van der Waals surface area contributed by atoms with Crippen LogP contribution >= 0.6 is 24.8 Å². The smallest absolute Gasteiger partial charge is 0.238 e. The lowest BCUT2D eigenvalue weighted by atomic mass is 10.3. The van der Waals surface area contributed by atoms with Crippen molar-refractivity contribution < 1.29 is 8.42 Å². The van der Waals surface area contributed by atoms with Crippen molar-refractivity contribution in [2.24, 2.45) is 5.14 Å². The van der Waals surface area contributed by atoms with E-state index in [4.69, 9.17) is 16.6 Å². The predicted octanol–water partition coefficient (Wildman–Crippen LogP) is 0.342. The maximum atomic E-state index is 10.8. The van der Waals surface area contributed by atoms with E-state index in [1.165, 1.54) is 18.2 Å². The molecule has 8 heteroatoms. The van der Waals surface area contributed by atoms with Crippen molar-refractivity contribution in [1.29, 1.82) is 0 Å². The molecule has 14 heavy (non-hydrogen) atoms. The number of benzene rings is 1. The third-order valence-corrected chi connectivity index (χ3v) is 2.30. The molecule has 0 fully saturated rings. The van der Waals surface area contributed by atoms with Crippen molar-refractivity contribution in [2.75, 3.05) is 11.5 Å². The number of hydrogen-bond donors (Lipinski definition) is 3. The number of halogens is 2. The van der Waals surface area contributed by atoms with Crippen molar-refractivity contribution in [3.63, 3.8) is 0 Å². The molecule has 0 saturated carbocycles. The van der Waals surface area contributed by atoms with E-state index < -0.39 is 10.0 Å². The zero-order valence-corrected chi connectivity index (χ0v) is 9.45. The third-order valence-electron chi connectivity index (χ3n) is 1.39. The number of nitrogen functional groups attached to an aromatic ring is 2. The Morgan fingerprint density at radius 1 is 1.00 bits per heavy atom.